The van der Waals surface area contributed by atoms with Crippen molar-refractivity contribution in [3.05, 3.63) is 78.5 Å². The Morgan fingerprint density at radius 2 is 1.90 bits per heavy atom. The molecule has 7 nitrogen and oxygen atoms in total. The van der Waals surface area contributed by atoms with Crippen LogP contribution in [0.15, 0.2) is 67.1 Å². The van der Waals surface area contributed by atoms with Crippen molar-refractivity contribution in [2.45, 2.75) is 24.8 Å². The molecule has 3 aromatic heterocycles. The van der Waals surface area contributed by atoms with E-state index in [4.69, 9.17) is 21.9 Å². The fourth-order valence-electron chi connectivity index (χ4n) is 4.07. The molecule has 0 spiro atoms. The second-order valence-electron chi connectivity index (χ2n) is 7.88. The molecule has 0 bridgehead atoms. The van der Waals surface area contributed by atoms with Crippen LogP contribution in [0.4, 0.5) is 0 Å². The molecule has 1 aromatic carbocycles. The number of hydrogen-bond acceptors (Lipinski definition) is 6. The number of nitrogens with one attached hydrogen (secondary N) is 1. The van der Waals surface area contributed by atoms with Gasteiger partial charge in [0.25, 0.3) is 0 Å². The quantitative estimate of drug-likeness (QED) is 0.434. The Morgan fingerprint density at radius 1 is 1.10 bits per heavy atom. The highest BCUT2D eigenvalue weighted by Gasteiger charge is 2.34. The van der Waals surface area contributed by atoms with Crippen LogP contribution >= 0.6 is 0 Å². The Labute approximate surface area is 180 Å². The summed E-state index contributed by atoms with van der Waals surface area (Å²) in [5.41, 5.74) is 17.0. The van der Waals surface area contributed by atoms with Gasteiger partial charge in [-0.15, -0.1) is 0 Å². The van der Waals surface area contributed by atoms with E-state index < -0.39 is 0 Å². The third-order valence-corrected chi connectivity index (χ3v) is 6.01. The number of benzene rings is 1. The SMILES string of the molecule is N=C/C(=C\N)c1ncc2cc(-c3ccccn3)n(-c3ccc(C4(N)CCC4)cc3)c2n1. The van der Waals surface area contributed by atoms with E-state index in [0.717, 1.165) is 52.7 Å². The van der Waals surface area contributed by atoms with Gasteiger partial charge in [-0.3, -0.25) is 9.55 Å². The molecule has 1 aliphatic carbocycles. The van der Waals surface area contributed by atoms with Gasteiger partial charge in [0, 0.05) is 41.4 Å². The maximum Gasteiger partial charge on any atom is 0.164 e. The van der Waals surface area contributed by atoms with Crippen molar-refractivity contribution in [3.8, 4) is 17.1 Å². The van der Waals surface area contributed by atoms with E-state index in [1.54, 1.807) is 12.4 Å². The van der Waals surface area contributed by atoms with Gasteiger partial charge in [-0.25, -0.2) is 9.97 Å². The molecule has 154 valence electrons. The maximum atomic E-state index is 7.59. The van der Waals surface area contributed by atoms with Crippen molar-refractivity contribution in [2.75, 3.05) is 0 Å². The van der Waals surface area contributed by atoms with Gasteiger partial charge in [-0.1, -0.05) is 18.2 Å². The first-order valence-electron chi connectivity index (χ1n) is 10.3. The Balaban J connectivity index is 1.71. The maximum absolute atomic E-state index is 7.59. The fourth-order valence-corrected chi connectivity index (χ4v) is 4.07. The summed E-state index contributed by atoms with van der Waals surface area (Å²) in [6.45, 7) is 0. The lowest BCUT2D eigenvalue weighted by molar-refractivity contribution is 0.253. The molecule has 0 saturated heterocycles. The zero-order chi connectivity index (χ0) is 21.4. The summed E-state index contributed by atoms with van der Waals surface area (Å²) in [7, 11) is 0. The number of hydrogen-bond donors (Lipinski definition) is 3. The average molecular weight is 409 g/mol. The molecule has 7 heteroatoms. The predicted molar refractivity (Wildman–Crippen MR) is 123 cm³/mol. The molecular formula is C24H23N7. The van der Waals surface area contributed by atoms with Crippen molar-refractivity contribution in [2.24, 2.45) is 11.5 Å². The van der Waals surface area contributed by atoms with E-state index in [1.807, 2.05) is 24.3 Å². The highest BCUT2D eigenvalue weighted by atomic mass is 15.1. The number of rotatable bonds is 5. The van der Waals surface area contributed by atoms with Crippen molar-refractivity contribution < 1.29 is 0 Å². The molecule has 3 heterocycles. The van der Waals surface area contributed by atoms with Crippen LogP contribution in [0.2, 0.25) is 0 Å². The average Bonchev–Trinajstić information content (AvgIpc) is 3.18. The number of nitrogens with zero attached hydrogens (tertiary/aromatic N) is 4. The standard InChI is InChI=1S/C24H23N7/c25-13-17(14-26)22-29-15-16-12-21(20-4-1-2-11-28-20)31(23(16)30-22)19-7-5-18(6-8-19)24(27)9-3-10-24/h1-2,4-8,11-15,25H,3,9-10,26-27H2/b17-14+,25-13?. The van der Waals surface area contributed by atoms with Crippen molar-refractivity contribution in [1.29, 1.82) is 5.41 Å². The summed E-state index contributed by atoms with van der Waals surface area (Å²) in [5, 5.41) is 8.47. The summed E-state index contributed by atoms with van der Waals surface area (Å²) in [5.74, 6) is 0.406. The van der Waals surface area contributed by atoms with Gasteiger partial charge in [0.15, 0.2) is 5.82 Å². The number of allylic oxidation sites excluding steroid dienone is 1. The second kappa shape index (κ2) is 7.45. The first-order valence-corrected chi connectivity index (χ1v) is 10.3. The minimum Gasteiger partial charge on any atom is -0.404 e. The molecule has 0 radical (unpaired) electrons. The third kappa shape index (κ3) is 3.19. The molecule has 31 heavy (non-hydrogen) atoms. The highest BCUT2D eigenvalue weighted by molar-refractivity contribution is 6.07. The third-order valence-electron chi connectivity index (χ3n) is 6.01. The van der Waals surface area contributed by atoms with Gasteiger partial charge in [0.05, 0.1) is 17.0 Å². The van der Waals surface area contributed by atoms with Crippen molar-refractivity contribution in [3.63, 3.8) is 0 Å². The lowest BCUT2D eigenvalue weighted by Gasteiger charge is -2.38. The molecule has 1 fully saturated rings. The number of aromatic nitrogens is 4. The molecule has 5 N–H and O–H groups in total. The van der Waals surface area contributed by atoms with Gasteiger partial charge < -0.3 is 16.9 Å². The zero-order valence-corrected chi connectivity index (χ0v) is 17.0. The second-order valence-corrected chi connectivity index (χ2v) is 7.88. The summed E-state index contributed by atoms with van der Waals surface area (Å²) in [6.07, 6.45) is 9.24. The highest BCUT2D eigenvalue weighted by Crippen LogP contribution is 2.39. The summed E-state index contributed by atoms with van der Waals surface area (Å²) in [6, 6.07) is 16.2. The smallest absolute Gasteiger partial charge is 0.164 e. The molecule has 5 rings (SSSR count). The molecular weight excluding hydrogens is 386 g/mol. The molecule has 0 atom stereocenters. The van der Waals surface area contributed by atoms with Crippen LogP contribution in [-0.2, 0) is 5.54 Å². The van der Waals surface area contributed by atoms with Gasteiger partial charge in [-0.05, 0) is 55.2 Å². The molecule has 0 aliphatic heterocycles. The lowest BCUT2D eigenvalue weighted by Crippen LogP contribution is -2.43. The number of nitrogens with two attached hydrogens (primary N) is 2. The zero-order valence-electron chi connectivity index (χ0n) is 17.0. The van der Waals surface area contributed by atoms with Crippen LogP contribution in [-0.4, -0.2) is 25.7 Å². The topological polar surface area (TPSA) is 119 Å². The lowest BCUT2D eigenvalue weighted by atomic mass is 9.73. The van der Waals surface area contributed by atoms with Gasteiger partial charge >= 0.3 is 0 Å². The van der Waals surface area contributed by atoms with Gasteiger partial charge in [0.1, 0.15) is 5.65 Å². The molecule has 0 unspecified atom stereocenters. The van der Waals surface area contributed by atoms with Crippen molar-refractivity contribution >= 4 is 22.8 Å². The molecule has 0 amide bonds. The summed E-state index contributed by atoms with van der Waals surface area (Å²) >= 11 is 0. The monoisotopic (exact) mass is 409 g/mol. The predicted octanol–water partition coefficient (Wildman–Crippen LogP) is 3.77. The largest absolute Gasteiger partial charge is 0.404 e. The van der Waals surface area contributed by atoms with E-state index in [0.29, 0.717) is 11.4 Å². The first-order chi connectivity index (χ1) is 15.1. The van der Waals surface area contributed by atoms with E-state index >= 15 is 0 Å². The Hall–Kier alpha value is -3.84. The first kappa shape index (κ1) is 19.1. The minimum atomic E-state index is -0.207. The number of fused-ring (bicyclic) bond motifs is 1. The molecule has 4 aromatic rings. The van der Waals surface area contributed by atoms with Crippen molar-refractivity contribution in [1.82, 2.24) is 19.5 Å². The van der Waals surface area contributed by atoms with E-state index in [-0.39, 0.29) is 5.54 Å². The van der Waals surface area contributed by atoms with Crippen LogP contribution in [0, 0.1) is 5.41 Å². The minimum absolute atomic E-state index is 0.207. The van der Waals surface area contributed by atoms with E-state index in [9.17, 15) is 0 Å². The number of pyridine rings is 1. The Bertz CT molecular complexity index is 1280. The van der Waals surface area contributed by atoms with E-state index in [1.165, 1.54) is 12.6 Å². The summed E-state index contributed by atoms with van der Waals surface area (Å²) in [4.78, 5) is 13.7. The van der Waals surface area contributed by atoms with E-state index in [2.05, 4.69) is 38.8 Å². The Kier molecular flexibility index (Phi) is 4.60. The normalized spacial score (nSPS) is 15.6. The fraction of sp³-hybridized carbons (Fsp3) is 0.167. The molecule has 1 saturated carbocycles. The van der Waals surface area contributed by atoms with Crippen LogP contribution in [0.5, 0.6) is 0 Å². The summed E-state index contributed by atoms with van der Waals surface area (Å²) < 4.78 is 2.06. The van der Waals surface area contributed by atoms with Crippen LogP contribution < -0.4 is 11.5 Å². The van der Waals surface area contributed by atoms with Gasteiger partial charge in [-0.2, -0.15) is 0 Å². The van der Waals surface area contributed by atoms with Crippen LogP contribution in [0.1, 0.15) is 30.7 Å². The molecule has 1 aliphatic rings. The van der Waals surface area contributed by atoms with Gasteiger partial charge in [0.2, 0.25) is 0 Å². The van der Waals surface area contributed by atoms with Crippen LogP contribution in [0.3, 0.4) is 0 Å². The Morgan fingerprint density at radius 3 is 2.52 bits per heavy atom. The van der Waals surface area contributed by atoms with Crippen LogP contribution in [0.25, 0.3) is 33.7 Å².